The van der Waals surface area contributed by atoms with Gasteiger partial charge in [0.05, 0.1) is 7.11 Å². The van der Waals surface area contributed by atoms with Crippen molar-refractivity contribution in [3.05, 3.63) is 18.1 Å². The SMILES string of the molecule is COc1nccnc1C(C)(F)CC1CCCCN1. The molecule has 2 rings (SSSR count). The summed E-state index contributed by atoms with van der Waals surface area (Å²) >= 11 is 0. The van der Waals surface area contributed by atoms with Crippen molar-refractivity contribution in [3.63, 3.8) is 0 Å². The van der Waals surface area contributed by atoms with Gasteiger partial charge in [0.25, 0.3) is 0 Å². The second-order valence-corrected chi connectivity index (χ2v) is 4.96. The summed E-state index contributed by atoms with van der Waals surface area (Å²) in [5.74, 6) is 0.276. The van der Waals surface area contributed by atoms with Crippen LogP contribution < -0.4 is 10.1 Å². The predicted octanol–water partition coefficient (Wildman–Crippen LogP) is 2.20. The summed E-state index contributed by atoms with van der Waals surface area (Å²) in [5.41, 5.74) is -1.23. The molecule has 1 saturated heterocycles. The topological polar surface area (TPSA) is 47.0 Å². The minimum absolute atomic E-state index is 0.209. The van der Waals surface area contributed by atoms with Gasteiger partial charge in [-0.1, -0.05) is 6.42 Å². The van der Waals surface area contributed by atoms with Gasteiger partial charge in [0.1, 0.15) is 5.69 Å². The number of aromatic nitrogens is 2. The van der Waals surface area contributed by atoms with Crippen molar-refractivity contribution >= 4 is 0 Å². The van der Waals surface area contributed by atoms with Gasteiger partial charge in [-0.15, -0.1) is 0 Å². The molecule has 5 heteroatoms. The number of hydrogen-bond donors (Lipinski definition) is 1. The third kappa shape index (κ3) is 2.96. The normalized spacial score (nSPS) is 23.4. The van der Waals surface area contributed by atoms with Crippen molar-refractivity contribution in [2.45, 2.75) is 44.3 Å². The highest BCUT2D eigenvalue weighted by atomic mass is 19.1. The van der Waals surface area contributed by atoms with Gasteiger partial charge < -0.3 is 10.1 Å². The fourth-order valence-corrected chi connectivity index (χ4v) is 2.49. The molecule has 2 heterocycles. The molecule has 2 atom stereocenters. The Balaban J connectivity index is 2.13. The maximum atomic E-state index is 14.8. The molecule has 0 bridgehead atoms. The Morgan fingerprint density at radius 3 is 2.89 bits per heavy atom. The Morgan fingerprint density at radius 2 is 2.22 bits per heavy atom. The Hall–Kier alpha value is -1.23. The molecule has 0 aromatic carbocycles. The Bertz CT molecular complexity index is 392. The van der Waals surface area contributed by atoms with Gasteiger partial charge in [-0.05, 0) is 26.3 Å². The summed E-state index contributed by atoms with van der Waals surface area (Å²) in [7, 11) is 1.49. The minimum atomic E-state index is -1.52. The summed E-state index contributed by atoms with van der Waals surface area (Å²) in [6, 6.07) is 0.209. The molecule has 100 valence electrons. The first-order valence-corrected chi connectivity index (χ1v) is 6.41. The maximum Gasteiger partial charge on any atom is 0.238 e. The molecule has 1 aromatic rings. The molecule has 1 aromatic heterocycles. The molecule has 0 saturated carbocycles. The summed E-state index contributed by atoms with van der Waals surface area (Å²) < 4.78 is 19.9. The van der Waals surface area contributed by atoms with E-state index in [2.05, 4.69) is 15.3 Å². The van der Waals surface area contributed by atoms with Gasteiger partial charge in [0, 0.05) is 24.9 Å². The summed E-state index contributed by atoms with van der Waals surface area (Å²) in [6.45, 7) is 2.52. The second-order valence-electron chi connectivity index (χ2n) is 4.96. The molecular weight excluding hydrogens is 233 g/mol. The standard InChI is InChI=1S/C13H20FN3O/c1-13(14,9-10-5-3-4-6-15-10)11-12(18-2)17-8-7-16-11/h7-8,10,15H,3-6,9H2,1-2H3. The predicted molar refractivity (Wildman–Crippen MR) is 67.3 cm³/mol. The van der Waals surface area contributed by atoms with Gasteiger partial charge in [-0.2, -0.15) is 0 Å². The zero-order valence-corrected chi connectivity index (χ0v) is 10.9. The van der Waals surface area contributed by atoms with Crippen LogP contribution in [0.5, 0.6) is 5.88 Å². The van der Waals surface area contributed by atoms with Gasteiger partial charge in [-0.3, -0.25) is 4.98 Å². The number of nitrogens with one attached hydrogen (secondary N) is 1. The van der Waals surface area contributed by atoms with E-state index < -0.39 is 5.67 Å². The molecule has 0 amide bonds. The fraction of sp³-hybridized carbons (Fsp3) is 0.692. The van der Waals surface area contributed by atoms with Crippen molar-refractivity contribution in [1.29, 1.82) is 0 Å². The van der Waals surface area contributed by atoms with Gasteiger partial charge in [0.15, 0.2) is 5.67 Å². The van der Waals surface area contributed by atoms with Crippen LogP contribution in [-0.4, -0.2) is 29.7 Å². The first-order valence-electron chi connectivity index (χ1n) is 6.41. The highest BCUT2D eigenvalue weighted by molar-refractivity contribution is 5.24. The number of nitrogens with zero attached hydrogens (tertiary/aromatic N) is 2. The number of methoxy groups -OCH3 is 1. The number of halogens is 1. The maximum absolute atomic E-state index is 14.8. The zero-order valence-electron chi connectivity index (χ0n) is 10.9. The first kappa shape index (κ1) is 13.2. The van der Waals surface area contributed by atoms with Crippen LogP contribution in [0.4, 0.5) is 4.39 Å². The van der Waals surface area contributed by atoms with E-state index in [0.29, 0.717) is 12.1 Å². The van der Waals surface area contributed by atoms with Crippen molar-refractivity contribution in [1.82, 2.24) is 15.3 Å². The van der Waals surface area contributed by atoms with E-state index in [1.54, 1.807) is 6.92 Å². The molecule has 1 aliphatic heterocycles. The Morgan fingerprint density at radius 1 is 1.44 bits per heavy atom. The van der Waals surface area contributed by atoms with Crippen molar-refractivity contribution in [2.75, 3.05) is 13.7 Å². The Labute approximate surface area is 107 Å². The highest BCUT2D eigenvalue weighted by Gasteiger charge is 2.35. The number of hydrogen-bond acceptors (Lipinski definition) is 4. The Kier molecular flexibility index (Phi) is 4.11. The minimum Gasteiger partial charge on any atom is -0.480 e. The third-order valence-corrected chi connectivity index (χ3v) is 3.39. The van der Waals surface area contributed by atoms with Crippen molar-refractivity contribution in [3.8, 4) is 5.88 Å². The molecule has 1 aliphatic rings. The van der Waals surface area contributed by atoms with Gasteiger partial charge >= 0.3 is 0 Å². The number of rotatable bonds is 4. The van der Waals surface area contributed by atoms with Crippen LogP contribution in [-0.2, 0) is 5.67 Å². The van der Waals surface area contributed by atoms with Crippen LogP contribution in [0.3, 0.4) is 0 Å². The van der Waals surface area contributed by atoms with E-state index in [0.717, 1.165) is 19.4 Å². The lowest BCUT2D eigenvalue weighted by molar-refractivity contribution is 0.135. The van der Waals surface area contributed by atoms with E-state index in [-0.39, 0.29) is 11.9 Å². The highest BCUT2D eigenvalue weighted by Crippen LogP contribution is 2.35. The average molecular weight is 253 g/mol. The molecular formula is C13H20FN3O. The lowest BCUT2D eigenvalue weighted by atomic mass is 9.90. The van der Waals surface area contributed by atoms with E-state index in [1.165, 1.54) is 25.9 Å². The summed E-state index contributed by atoms with van der Waals surface area (Å²) in [4.78, 5) is 8.11. The van der Waals surface area contributed by atoms with Crippen LogP contribution >= 0.6 is 0 Å². The van der Waals surface area contributed by atoms with E-state index in [4.69, 9.17) is 4.74 Å². The van der Waals surface area contributed by atoms with Gasteiger partial charge in [0.2, 0.25) is 5.88 Å². The average Bonchev–Trinajstić information content (AvgIpc) is 2.39. The number of alkyl halides is 1. The first-order chi connectivity index (χ1) is 8.63. The fourth-order valence-electron chi connectivity index (χ4n) is 2.49. The molecule has 1 fully saturated rings. The van der Waals surface area contributed by atoms with Crippen LogP contribution in [0, 0.1) is 0 Å². The molecule has 0 spiro atoms. The summed E-state index contributed by atoms with van der Waals surface area (Å²) in [6.07, 6.45) is 6.77. The number of ether oxygens (including phenoxy) is 1. The molecule has 0 radical (unpaired) electrons. The zero-order chi connectivity index (χ0) is 13.0. The van der Waals surface area contributed by atoms with Crippen molar-refractivity contribution in [2.24, 2.45) is 0 Å². The third-order valence-electron chi connectivity index (χ3n) is 3.39. The monoisotopic (exact) mass is 253 g/mol. The smallest absolute Gasteiger partial charge is 0.238 e. The van der Waals surface area contributed by atoms with E-state index in [9.17, 15) is 4.39 Å². The second kappa shape index (κ2) is 5.61. The van der Waals surface area contributed by atoms with E-state index in [1.807, 2.05) is 0 Å². The number of piperidine rings is 1. The molecule has 4 nitrogen and oxygen atoms in total. The van der Waals surface area contributed by atoms with Crippen molar-refractivity contribution < 1.29 is 9.13 Å². The molecule has 0 aliphatic carbocycles. The molecule has 2 unspecified atom stereocenters. The van der Waals surface area contributed by atoms with Crippen LogP contribution in [0.2, 0.25) is 0 Å². The molecule has 18 heavy (non-hydrogen) atoms. The van der Waals surface area contributed by atoms with E-state index >= 15 is 0 Å². The van der Waals surface area contributed by atoms with Gasteiger partial charge in [-0.25, -0.2) is 9.37 Å². The quantitative estimate of drug-likeness (QED) is 0.893. The molecule has 1 N–H and O–H groups in total. The largest absolute Gasteiger partial charge is 0.480 e. The summed E-state index contributed by atoms with van der Waals surface area (Å²) in [5, 5.41) is 3.35. The van der Waals surface area contributed by atoms with Crippen LogP contribution in [0.15, 0.2) is 12.4 Å². The van der Waals surface area contributed by atoms with Crippen LogP contribution in [0.25, 0.3) is 0 Å². The lowest BCUT2D eigenvalue weighted by Crippen LogP contribution is -2.38. The van der Waals surface area contributed by atoms with Crippen LogP contribution in [0.1, 0.15) is 38.3 Å². The lowest BCUT2D eigenvalue weighted by Gasteiger charge is -2.29.